The number of hydrogen-bond donors (Lipinski definition) is 8. The fourth-order valence-corrected chi connectivity index (χ4v) is 2.75. The fraction of sp³-hybridized carbons (Fsp3) is 0.737. The van der Waals surface area contributed by atoms with E-state index in [2.05, 4.69) is 16.0 Å². The molecule has 0 saturated carbocycles. The predicted octanol–water partition coefficient (Wildman–Crippen LogP) is -2.51. The average molecular weight is 462 g/mol. The van der Waals surface area contributed by atoms with E-state index in [1.54, 1.807) is 0 Å². The topological polar surface area (TPSA) is 234 Å². The van der Waals surface area contributed by atoms with Gasteiger partial charge in [-0.05, 0) is 38.1 Å². The zero-order valence-electron chi connectivity index (χ0n) is 18.4. The Morgan fingerprint density at radius 2 is 1.38 bits per heavy atom. The summed E-state index contributed by atoms with van der Waals surface area (Å²) in [4.78, 5) is 59.6. The third-order valence-corrected chi connectivity index (χ3v) is 4.45. The van der Waals surface area contributed by atoms with Crippen LogP contribution in [0.1, 0.15) is 46.0 Å². The number of carboxylic acids is 2. The van der Waals surface area contributed by atoms with Gasteiger partial charge in [-0.15, -0.1) is 0 Å². The van der Waals surface area contributed by atoms with Gasteiger partial charge in [0.05, 0.1) is 13.0 Å². The van der Waals surface area contributed by atoms with Crippen LogP contribution in [0.15, 0.2) is 0 Å². The molecule has 0 fully saturated rings. The summed E-state index contributed by atoms with van der Waals surface area (Å²) >= 11 is 0. The molecule has 184 valence electrons. The van der Waals surface area contributed by atoms with Crippen LogP contribution < -0.4 is 27.4 Å². The number of carbonyl (C=O) groups excluding carboxylic acids is 3. The van der Waals surface area contributed by atoms with Gasteiger partial charge in [0.1, 0.15) is 24.2 Å². The molecular weight excluding hydrogens is 426 g/mol. The lowest BCUT2D eigenvalue weighted by Crippen LogP contribution is -2.57. The van der Waals surface area contributed by atoms with E-state index in [0.717, 1.165) is 0 Å². The lowest BCUT2D eigenvalue weighted by Gasteiger charge is -2.25. The van der Waals surface area contributed by atoms with Gasteiger partial charge in [0.2, 0.25) is 17.7 Å². The van der Waals surface area contributed by atoms with E-state index in [1.807, 2.05) is 13.8 Å². The fourth-order valence-electron chi connectivity index (χ4n) is 2.75. The van der Waals surface area contributed by atoms with E-state index in [1.165, 1.54) is 0 Å². The highest BCUT2D eigenvalue weighted by molar-refractivity contribution is 5.94. The van der Waals surface area contributed by atoms with Crippen LogP contribution in [0.5, 0.6) is 0 Å². The van der Waals surface area contributed by atoms with Crippen LogP contribution in [-0.4, -0.2) is 82.3 Å². The molecule has 0 heterocycles. The first-order chi connectivity index (χ1) is 14.9. The van der Waals surface area contributed by atoms with Crippen molar-refractivity contribution in [3.63, 3.8) is 0 Å². The van der Waals surface area contributed by atoms with E-state index in [0.29, 0.717) is 19.4 Å². The Hall–Kier alpha value is -2.77. The van der Waals surface area contributed by atoms with Crippen molar-refractivity contribution in [2.45, 2.75) is 70.1 Å². The first kappa shape index (κ1) is 29.2. The van der Waals surface area contributed by atoms with Gasteiger partial charge >= 0.3 is 11.9 Å². The van der Waals surface area contributed by atoms with Gasteiger partial charge in [0.15, 0.2) is 0 Å². The van der Waals surface area contributed by atoms with E-state index in [4.69, 9.17) is 26.8 Å². The number of aliphatic hydroxyl groups excluding tert-OH is 1. The lowest BCUT2D eigenvalue weighted by atomic mass is 10.0. The molecule has 4 atom stereocenters. The number of unbranched alkanes of at least 4 members (excludes halogenated alkanes) is 1. The van der Waals surface area contributed by atoms with Crippen molar-refractivity contribution >= 4 is 29.7 Å². The highest BCUT2D eigenvalue weighted by Gasteiger charge is 2.31. The molecule has 0 aromatic heterocycles. The highest BCUT2D eigenvalue weighted by Crippen LogP contribution is 2.08. The average Bonchev–Trinajstić information content (AvgIpc) is 2.70. The van der Waals surface area contributed by atoms with Gasteiger partial charge in [-0.1, -0.05) is 13.8 Å². The van der Waals surface area contributed by atoms with E-state index < -0.39 is 66.9 Å². The van der Waals surface area contributed by atoms with Crippen molar-refractivity contribution in [3.05, 3.63) is 0 Å². The molecule has 0 aromatic carbocycles. The van der Waals surface area contributed by atoms with E-state index >= 15 is 0 Å². The maximum absolute atomic E-state index is 12.8. The van der Waals surface area contributed by atoms with Gasteiger partial charge in [0.25, 0.3) is 0 Å². The maximum atomic E-state index is 12.8. The van der Waals surface area contributed by atoms with Gasteiger partial charge in [-0.2, -0.15) is 0 Å². The predicted molar refractivity (Wildman–Crippen MR) is 113 cm³/mol. The molecular formula is C19H35N5O8. The second-order valence-corrected chi connectivity index (χ2v) is 7.82. The second kappa shape index (κ2) is 15.1. The van der Waals surface area contributed by atoms with Crippen molar-refractivity contribution in [3.8, 4) is 0 Å². The number of aliphatic hydroxyl groups is 1. The zero-order valence-corrected chi connectivity index (χ0v) is 18.4. The summed E-state index contributed by atoms with van der Waals surface area (Å²) in [6.07, 6.45) is 0.461. The summed E-state index contributed by atoms with van der Waals surface area (Å²) in [6.45, 7) is 3.34. The van der Waals surface area contributed by atoms with Crippen LogP contribution in [0.4, 0.5) is 0 Å². The van der Waals surface area contributed by atoms with Crippen LogP contribution in [0.2, 0.25) is 0 Å². The largest absolute Gasteiger partial charge is 0.481 e. The number of nitrogens with two attached hydrogens (primary N) is 2. The SMILES string of the molecule is CC(C)CC(NC(=O)C(N)CO)C(=O)NC(CCCCN)C(=O)NC(CC(=O)O)C(=O)O. The normalized spacial score (nSPS) is 14.7. The molecule has 0 radical (unpaired) electrons. The summed E-state index contributed by atoms with van der Waals surface area (Å²) in [6, 6.07) is -5.14. The Labute approximate surface area is 186 Å². The summed E-state index contributed by atoms with van der Waals surface area (Å²) < 4.78 is 0. The first-order valence-corrected chi connectivity index (χ1v) is 10.3. The van der Waals surface area contributed by atoms with Crippen LogP contribution >= 0.6 is 0 Å². The van der Waals surface area contributed by atoms with Crippen LogP contribution in [0.3, 0.4) is 0 Å². The smallest absolute Gasteiger partial charge is 0.326 e. The van der Waals surface area contributed by atoms with Gasteiger partial charge in [-0.3, -0.25) is 19.2 Å². The summed E-state index contributed by atoms with van der Waals surface area (Å²) in [7, 11) is 0. The number of carboxylic acid groups (broad SMARTS) is 2. The molecule has 0 spiro atoms. The number of amides is 3. The Morgan fingerprint density at radius 3 is 1.84 bits per heavy atom. The minimum atomic E-state index is -1.68. The molecule has 0 aromatic rings. The monoisotopic (exact) mass is 461 g/mol. The molecule has 13 heteroatoms. The van der Waals surface area contributed by atoms with Crippen molar-refractivity contribution in [1.82, 2.24) is 16.0 Å². The van der Waals surface area contributed by atoms with E-state index in [9.17, 15) is 24.0 Å². The van der Waals surface area contributed by atoms with Crippen molar-refractivity contribution < 1.29 is 39.3 Å². The highest BCUT2D eigenvalue weighted by atomic mass is 16.4. The third kappa shape index (κ3) is 11.6. The molecule has 3 amide bonds. The molecule has 0 aliphatic carbocycles. The van der Waals surface area contributed by atoms with Crippen molar-refractivity contribution in [1.29, 1.82) is 0 Å². The Morgan fingerprint density at radius 1 is 0.844 bits per heavy atom. The third-order valence-electron chi connectivity index (χ3n) is 4.45. The van der Waals surface area contributed by atoms with E-state index in [-0.39, 0.29) is 18.8 Å². The Kier molecular flexibility index (Phi) is 13.8. The molecule has 4 unspecified atom stereocenters. The first-order valence-electron chi connectivity index (χ1n) is 10.3. The standard InChI is InChI=1S/C19H35N5O8/c1-10(2)7-13(23-16(28)11(21)9-25)18(30)22-12(5-3-4-6-20)17(29)24-14(19(31)32)8-15(26)27/h10-14,25H,3-9,20-21H2,1-2H3,(H,22,30)(H,23,28)(H,24,29)(H,26,27)(H,31,32). The molecule has 0 saturated heterocycles. The summed E-state index contributed by atoms with van der Waals surface area (Å²) in [5.74, 6) is -5.28. The molecule has 10 N–H and O–H groups in total. The molecule has 0 rings (SSSR count). The summed E-state index contributed by atoms with van der Waals surface area (Å²) in [5, 5.41) is 34.1. The quantitative estimate of drug-likeness (QED) is 0.112. The van der Waals surface area contributed by atoms with Gasteiger partial charge in [0, 0.05) is 0 Å². The summed E-state index contributed by atoms with van der Waals surface area (Å²) in [5.41, 5.74) is 10.9. The molecule has 13 nitrogen and oxygen atoms in total. The Balaban J connectivity index is 5.48. The minimum absolute atomic E-state index is 0.0205. The van der Waals surface area contributed by atoms with Gasteiger partial charge in [-0.25, -0.2) is 4.79 Å². The van der Waals surface area contributed by atoms with Crippen LogP contribution in [-0.2, 0) is 24.0 Å². The van der Waals surface area contributed by atoms with Crippen molar-refractivity contribution in [2.24, 2.45) is 17.4 Å². The number of carbonyl (C=O) groups is 5. The molecule has 0 bridgehead atoms. The van der Waals surface area contributed by atoms with Crippen LogP contribution in [0, 0.1) is 5.92 Å². The van der Waals surface area contributed by atoms with Crippen molar-refractivity contribution in [2.75, 3.05) is 13.2 Å². The number of aliphatic carboxylic acids is 2. The molecule has 32 heavy (non-hydrogen) atoms. The number of nitrogens with one attached hydrogen (secondary N) is 3. The second-order valence-electron chi connectivity index (χ2n) is 7.82. The molecule has 0 aliphatic heterocycles. The minimum Gasteiger partial charge on any atom is -0.481 e. The zero-order chi connectivity index (χ0) is 24.8. The molecule has 0 aliphatic rings. The number of hydrogen-bond acceptors (Lipinski definition) is 8. The number of rotatable bonds is 16. The lowest BCUT2D eigenvalue weighted by molar-refractivity contribution is -0.147. The Bertz CT molecular complexity index is 658. The maximum Gasteiger partial charge on any atom is 0.326 e. The van der Waals surface area contributed by atoms with Crippen LogP contribution in [0.25, 0.3) is 0 Å². The van der Waals surface area contributed by atoms with Gasteiger partial charge < -0.3 is 42.7 Å².